The van der Waals surface area contributed by atoms with Crippen molar-refractivity contribution in [3.63, 3.8) is 0 Å². The van der Waals surface area contributed by atoms with Crippen LogP contribution in [0.2, 0.25) is 0 Å². The number of hydrogen-bond donors (Lipinski definition) is 1. The highest BCUT2D eigenvalue weighted by Crippen LogP contribution is 2.25. The van der Waals surface area contributed by atoms with E-state index in [0.717, 1.165) is 36.3 Å². The third kappa shape index (κ3) is 1.77. The number of aromatic nitrogens is 4. The maximum absolute atomic E-state index is 4.73. The molecule has 0 aromatic carbocycles. The third-order valence-corrected chi connectivity index (χ3v) is 3.45. The molecule has 1 N–H and O–H groups in total. The van der Waals surface area contributed by atoms with Gasteiger partial charge in [-0.3, -0.25) is 4.68 Å². The first-order chi connectivity index (χ1) is 8.28. The Morgan fingerprint density at radius 2 is 2.18 bits per heavy atom. The first-order valence-electron chi connectivity index (χ1n) is 6.38. The van der Waals surface area contributed by atoms with Crippen LogP contribution in [0.5, 0.6) is 0 Å². The molecule has 0 unspecified atom stereocenters. The largest absolute Gasteiger partial charge is 0.342 e. The first-order valence-corrected chi connectivity index (χ1v) is 6.38. The fourth-order valence-electron chi connectivity index (χ4n) is 2.57. The van der Waals surface area contributed by atoms with Gasteiger partial charge in [-0.2, -0.15) is 5.10 Å². The minimum Gasteiger partial charge on any atom is -0.342 e. The van der Waals surface area contributed by atoms with E-state index in [1.54, 1.807) is 0 Å². The highest BCUT2D eigenvalue weighted by molar-refractivity contribution is 5.58. The van der Waals surface area contributed by atoms with E-state index in [0.29, 0.717) is 0 Å². The van der Waals surface area contributed by atoms with Crippen LogP contribution in [-0.4, -0.2) is 19.7 Å². The van der Waals surface area contributed by atoms with E-state index in [1.807, 2.05) is 11.7 Å². The first kappa shape index (κ1) is 10.6. The molecule has 0 atom stereocenters. The fourth-order valence-corrected chi connectivity index (χ4v) is 2.57. The van der Waals surface area contributed by atoms with Crippen molar-refractivity contribution in [1.82, 2.24) is 19.7 Å². The molecule has 2 aromatic rings. The molecule has 0 saturated heterocycles. The summed E-state index contributed by atoms with van der Waals surface area (Å²) in [4.78, 5) is 8.21. The van der Waals surface area contributed by atoms with Gasteiger partial charge in [0.1, 0.15) is 5.82 Å². The minimum atomic E-state index is 0.946. The predicted molar refractivity (Wildman–Crippen MR) is 66.8 cm³/mol. The van der Waals surface area contributed by atoms with Gasteiger partial charge in [-0.1, -0.05) is 6.92 Å². The summed E-state index contributed by atoms with van der Waals surface area (Å²) in [6.07, 6.45) is 7.82. The Balaban J connectivity index is 2.05. The topological polar surface area (TPSA) is 46.5 Å². The minimum absolute atomic E-state index is 0.946. The summed E-state index contributed by atoms with van der Waals surface area (Å²) in [6.45, 7) is 2.13. The molecule has 3 rings (SSSR count). The monoisotopic (exact) mass is 230 g/mol. The molecule has 0 amide bonds. The normalized spacial score (nSPS) is 14.9. The van der Waals surface area contributed by atoms with Crippen LogP contribution >= 0.6 is 0 Å². The van der Waals surface area contributed by atoms with Crippen LogP contribution in [0.3, 0.4) is 0 Å². The second-order valence-corrected chi connectivity index (χ2v) is 4.73. The molecule has 17 heavy (non-hydrogen) atoms. The molecular formula is C13H18N4. The molecule has 4 heteroatoms. The van der Waals surface area contributed by atoms with Crippen molar-refractivity contribution >= 4 is 0 Å². The van der Waals surface area contributed by atoms with Gasteiger partial charge in [-0.05, 0) is 32.1 Å². The molecule has 1 aliphatic carbocycles. The van der Waals surface area contributed by atoms with E-state index < -0.39 is 0 Å². The zero-order valence-electron chi connectivity index (χ0n) is 10.5. The van der Waals surface area contributed by atoms with Crippen LogP contribution in [-0.2, 0) is 26.3 Å². The van der Waals surface area contributed by atoms with Crippen molar-refractivity contribution < 1.29 is 0 Å². The quantitative estimate of drug-likeness (QED) is 0.860. The zero-order chi connectivity index (χ0) is 11.8. The smallest absolute Gasteiger partial charge is 0.141 e. The molecular weight excluding hydrogens is 212 g/mol. The Morgan fingerprint density at radius 1 is 1.35 bits per heavy atom. The van der Waals surface area contributed by atoms with Crippen LogP contribution in [0.1, 0.15) is 36.8 Å². The second-order valence-electron chi connectivity index (χ2n) is 4.73. The van der Waals surface area contributed by atoms with Crippen LogP contribution < -0.4 is 0 Å². The zero-order valence-corrected chi connectivity index (χ0v) is 10.5. The van der Waals surface area contributed by atoms with Crippen LogP contribution in [0.25, 0.3) is 11.4 Å². The van der Waals surface area contributed by atoms with E-state index in [2.05, 4.69) is 23.2 Å². The molecule has 0 aliphatic heterocycles. The number of nitrogens with one attached hydrogen (secondary N) is 1. The highest BCUT2D eigenvalue weighted by Gasteiger charge is 2.17. The number of fused-ring (bicyclic) bond motifs is 1. The number of aryl methyl sites for hydroxylation is 4. The van der Waals surface area contributed by atoms with Gasteiger partial charge in [0.15, 0.2) is 0 Å². The van der Waals surface area contributed by atoms with Gasteiger partial charge in [0.2, 0.25) is 0 Å². The van der Waals surface area contributed by atoms with Crippen molar-refractivity contribution in [2.75, 3.05) is 0 Å². The van der Waals surface area contributed by atoms with Crippen molar-refractivity contribution in [2.45, 2.75) is 39.0 Å². The molecule has 1 aliphatic rings. The summed E-state index contributed by atoms with van der Waals surface area (Å²) in [6, 6.07) is 0. The molecule has 90 valence electrons. The second kappa shape index (κ2) is 4.02. The van der Waals surface area contributed by atoms with Crippen LogP contribution in [0.4, 0.5) is 0 Å². The van der Waals surface area contributed by atoms with Crippen molar-refractivity contribution in [1.29, 1.82) is 0 Å². The lowest BCUT2D eigenvalue weighted by Crippen LogP contribution is -2.00. The highest BCUT2D eigenvalue weighted by atomic mass is 15.3. The lowest BCUT2D eigenvalue weighted by molar-refractivity contribution is 0.667. The summed E-state index contributed by atoms with van der Waals surface area (Å²) in [5.74, 6) is 1.00. The van der Waals surface area contributed by atoms with E-state index in [4.69, 9.17) is 4.98 Å². The van der Waals surface area contributed by atoms with E-state index in [1.165, 1.54) is 24.2 Å². The Hall–Kier alpha value is -1.58. The Bertz CT molecular complexity index is 512. The standard InChI is InChI=1S/C13H18N4/c1-3-10-9(8-17(2)16-10)13-14-11-6-4-5-7-12(11)15-13/h8H,3-7H2,1-2H3,(H,14,15). The van der Waals surface area contributed by atoms with Crippen LogP contribution in [0.15, 0.2) is 6.20 Å². The predicted octanol–water partition coefficient (Wildman–Crippen LogP) is 2.25. The summed E-state index contributed by atoms with van der Waals surface area (Å²) in [7, 11) is 1.96. The summed E-state index contributed by atoms with van der Waals surface area (Å²) < 4.78 is 1.87. The molecule has 0 bridgehead atoms. The molecule has 0 fully saturated rings. The lowest BCUT2D eigenvalue weighted by Gasteiger charge is -2.07. The van der Waals surface area contributed by atoms with E-state index in [-0.39, 0.29) is 0 Å². The number of rotatable bonds is 2. The summed E-state index contributed by atoms with van der Waals surface area (Å²) in [5, 5.41) is 4.47. The number of imidazole rings is 1. The molecule has 0 radical (unpaired) electrons. The molecule has 0 saturated carbocycles. The van der Waals surface area contributed by atoms with Gasteiger partial charge in [-0.15, -0.1) is 0 Å². The Labute approximate surface area is 101 Å². The molecule has 2 aromatic heterocycles. The Kier molecular flexibility index (Phi) is 2.50. The molecule has 2 heterocycles. The van der Waals surface area contributed by atoms with Gasteiger partial charge in [0.25, 0.3) is 0 Å². The maximum atomic E-state index is 4.73. The van der Waals surface area contributed by atoms with Crippen molar-refractivity contribution in [3.05, 3.63) is 23.3 Å². The summed E-state index contributed by atoms with van der Waals surface area (Å²) in [5.41, 5.74) is 4.87. The average Bonchev–Trinajstić information content (AvgIpc) is 2.91. The van der Waals surface area contributed by atoms with Crippen molar-refractivity contribution in [3.8, 4) is 11.4 Å². The van der Waals surface area contributed by atoms with E-state index >= 15 is 0 Å². The summed E-state index contributed by atoms with van der Waals surface area (Å²) >= 11 is 0. The third-order valence-electron chi connectivity index (χ3n) is 3.45. The molecule has 0 spiro atoms. The average molecular weight is 230 g/mol. The number of aromatic amines is 1. The maximum Gasteiger partial charge on any atom is 0.141 e. The number of hydrogen-bond acceptors (Lipinski definition) is 2. The van der Waals surface area contributed by atoms with Gasteiger partial charge in [0.05, 0.1) is 17.0 Å². The fraction of sp³-hybridized carbons (Fsp3) is 0.538. The SMILES string of the molecule is CCc1nn(C)cc1-c1nc2c([nH]1)CCCC2. The van der Waals surface area contributed by atoms with Gasteiger partial charge >= 0.3 is 0 Å². The van der Waals surface area contributed by atoms with Gasteiger partial charge in [0, 0.05) is 18.9 Å². The van der Waals surface area contributed by atoms with Gasteiger partial charge < -0.3 is 4.98 Å². The van der Waals surface area contributed by atoms with Crippen LogP contribution in [0, 0.1) is 0 Å². The number of nitrogens with zero attached hydrogens (tertiary/aromatic N) is 3. The van der Waals surface area contributed by atoms with Gasteiger partial charge in [-0.25, -0.2) is 4.98 Å². The lowest BCUT2D eigenvalue weighted by atomic mass is 10.0. The van der Waals surface area contributed by atoms with E-state index in [9.17, 15) is 0 Å². The molecule has 4 nitrogen and oxygen atoms in total. The number of H-pyrrole nitrogens is 1. The Morgan fingerprint density at radius 3 is 2.94 bits per heavy atom. The van der Waals surface area contributed by atoms with Crippen molar-refractivity contribution in [2.24, 2.45) is 7.05 Å².